The molecule has 1 aliphatic heterocycles. The topological polar surface area (TPSA) is 87.6 Å². The van der Waals surface area contributed by atoms with E-state index in [-0.39, 0.29) is 24.3 Å². The number of rotatable bonds is 6. The van der Waals surface area contributed by atoms with Gasteiger partial charge in [0.1, 0.15) is 17.9 Å². The average Bonchev–Trinajstić information content (AvgIpc) is 3.34. The summed E-state index contributed by atoms with van der Waals surface area (Å²) in [5.74, 6) is -0.0255. The van der Waals surface area contributed by atoms with Crippen molar-refractivity contribution in [3.05, 3.63) is 66.5 Å². The predicted molar refractivity (Wildman–Crippen MR) is 126 cm³/mol. The molecule has 0 aliphatic carbocycles. The molecule has 0 radical (unpaired) electrons. The second kappa shape index (κ2) is 11.7. The first-order valence-electron chi connectivity index (χ1n) is 11.3. The van der Waals surface area contributed by atoms with Gasteiger partial charge in [0.25, 0.3) is 5.91 Å². The van der Waals surface area contributed by atoms with Gasteiger partial charge in [-0.1, -0.05) is 26.0 Å². The molecule has 1 fully saturated rings. The summed E-state index contributed by atoms with van der Waals surface area (Å²) < 4.78 is 40.8. The number of nitrogens with zero attached hydrogens (tertiary/aromatic N) is 3. The number of carbonyl (C=O) groups excluding carboxylic acids is 1. The maximum absolute atomic E-state index is 12.9. The van der Waals surface area contributed by atoms with Crippen molar-refractivity contribution in [2.24, 2.45) is 0 Å². The van der Waals surface area contributed by atoms with Crippen LogP contribution in [-0.2, 0) is 0 Å². The number of ether oxygens (including phenoxy) is 1. The van der Waals surface area contributed by atoms with Crippen molar-refractivity contribution >= 4 is 17.4 Å². The second-order valence-electron chi connectivity index (χ2n) is 7.54. The standard InChI is InChI=1S/C23H21F3N4O3.C2H6/c24-23(25,26)33-19-8-6-17(7-9-19)29-21-12-20(27-14-28-21)15-3-1-4-16(11-15)22(32)30-10-2-5-18(30)13-31;1-2/h1,3-4,6-9,11-12,14,18,31H,2,5,10,13H2,(H,27,28,29);1-2H3. The SMILES string of the molecule is CC.O=C(c1cccc(-c2cc(Nc3ccc(OC(F)(F)F)cc3)ncn2)c1)N1CCCC1CO. The van der Waals surface area contributed by atoms with Gasteiger partial charge in [-0.15, -0.1) is 13.2 Å². The van der Waals surface area contributed by atoms with Gasteiger partial charge in [0.05, 0.1) is 18.3 Å². The van der Waals surface area contributed by atoms with Gasteiger partial charge in [-0.05, 0) is 49.2 Å². The molecule has 1 amide bonds. The molecule has 1 aromatic heterocycles. The van der Waals surface area contributed by atoms with Gasteiger partial charge in [0, 0.05) is 29.4 Å². The Balaban J connectivity index is 0.00000167. The summed E-state index contributed by atoms with van der Waals surface area (Å²) in [5.41, 5.74) is 2.29. The van der Waals surface area contributed by atoms with Crippen LogP contribution < -0.4 is 10.1 Å². The predicted octanol–water partition coefficient (Wildman–Crippen LogP) is 5.41. The number of likely N-dealkylation sites (tertiary alicyclic amines) is 1. The molecule has 10 heteroatoms. The zero-order valence-corrected chi connectivity index (χ0v) is 19.4. The molecule has 3 aromatic rings. The number of carbonyl (C=O) groups is 1. The Morgan fingerprint density at radius 2 is 1.89 bits per heavy atom. The average molecular weight is 489 g/mol. The van der Waals surface area contributed by atoms with Gasteiger partial charge < -0.3 is 20.1 Å². The lowest BCUT2D eigenvalue weighted by Crippen LogP contribution is -2.37. The molecule has 35 heavy (non-hydrogen) atoms. The van der Waals surface area contributed by atoms with Gasteiger partial charge in [-0.3, -0.25) is 4.79 Å². The Hall–Kier alpha value is -3.66. The van der Waals surface area contributed by atoms with Crippen LogP contribution in [0.1, 0.15) is 37.0 Å². The fourth-order valence-corrected chi connectivity index (χ4v) is 3.74. The zero-order valence-electron chi connectivity index (χ0n) is 19.4. The van der Waals surface area contributed by atoms with E-state index in [1.54, 1.807) is 29.2 Å². The van der Waals surface area contributed by atoms with Crippen LogP contribution in [0.2, 0.25) is 0 Å². The molecule has 7 nitrogen and oxygen atoms in total. The summed E-state index contributed by atoms with van der Waals surface area (Å²) in [6.07, 6.45) is -1.75. The highest BCUT2D eigenvalue weighted by molar-refractivity contribution is 5.95. The number of aromatic nitrogens is 2. The Morgan fingerprint density at radius 3 is 2.57 bits per heavy atom. The van der Waals surface area contributed by atoms with Gasteiger partial charge in [0.2, 0.25) is 0 Å². The molecular weight excluding hydrogens is 461 g/mol. The van der Waals surface area contributed by atoms with Crippen LogP contribution in [0.3, 0.4) is 0 Å². The van der Waals surface area contributed by atoms with Crippen molar-refractivity contribution < 1.29 is 27.8 Å². The summed E-state index contributed by atoms with van der Waals surface area (Å²) in [6.45, 7) is 4.55. The van der Waals surface area contributed by atoms with Crippen LogP contribution in [0, 0.1) is 0 Å². The van der Waals surface area contributed by atoms with Gasteiger partial charge in [-0.25, -0.2) is 9.97 Å². The molecule has 2 N–H and O–H groups in total. The minimum atomic E-state index is -4.75. The van der Waals surface area contributed by atoms with E-state index in [2.05, 4.69) is 20.0 Å². The monoisotopic (exact) mass is 488 g/mol. The first kappa shape index (κ1) is 26.0. The number of hydrogen-bond donors (Lipinski definition) is 2. The van der Waals surface area contributed by atoms with E-state index in [1.807, 2.05) is 19.9 Å². The van der Waals surface area contributed by atoms with E-state index < -0.39 is 6.36 Å². The minimum Gasteiger partial charge on any atom is -0.406 e. The van der Waals surface area contributed by atoms with Crippen molar-refractivity contribution in [1.82, 2.24) is 14.9 Å². The lowest BCUT2D eigenvalue weighted by Gasteiger charge is -2.23. The van der Waals surface area contributed by atoms with E-state index in [0.29, 0.717) is 34.9 Å². The van der Waals surface area contributed by atoms with Crippen LogP contribution in [0.25, 0.3) is 11.3 Å². The Kier molecular flexibility index (Phi) is 8.64. The number of benzene rings is 2. The van der Waals surface area contributed by atoms with E-state index in [1.165, 1.54) is 30.6 Å². The van der Waals surface area contributed by atoms with Crippen LogP contribution in [0.5, 0.6) is 5.75 Å². The lowest BCUT2D eigenvalue weighted by atomic mass is 10.1. The van der Waals surface area contributed by atoms with E-state index >= 15 is 0 Å². The van der Waals surface area contributed by atoms with Crippen molar-refractivity contribution in [3.8, 4) is 17.0 Å². The van der Waals surface area contributed by atoms with Crippen molar-refractivity contribution in [2.75, 3.05) is 18.5 Å². The highest BCUT2D eigenvalue weighted by atomic mass is 19.4. The molecule has 4 rings (SSSR count). The third-order valence-corrected chi connectivity index (χ3v) is 5.28. The van der Waals surface area contributed by atoms with Crippen LogP contribution in [0.4, 0.5) is 24.7 Å². The quantitative estimate of drug-likeness (QED) is 0.483. The molecule has 1 atom stereocenters. The Bertz CT molecular complexity index is 1120. The molecule has 1 unspecified atom stereocenters. The zero-order chi connectivity index (χ0) is 25.4. The normalized spacial score (nSPS) is 15.3. The third kappa shape index (κ3) is 6.92. The van der Waals surface area contributed by atoms with Crippen molar-refractivity contribution in [3.63, 3.8) is 0 Å². The van der Waals surface area contributed by atoms with E-state index in [9.17, 15) is 23.1 Å². The minimum absolute atomic E-state index is 0.0598. The molecule has 0 spiro atoms. The van der Waals surface area contributed by atoms with Crippen LogP contribution in [0.15, 0.2) is 60.9 Å². The molecular formula is C25H27F3N4O3. The number of aliphatic hydroxyl groups excluding tert-OH is 1. The largest absolute Gasteiger partial charge is 0.573 e. The molecule has 0 bridgehead atoms. The maximum atomic E-state index is 12.9. The number of anilines is 2. The van der Waals surface area contributed by atoms with Gasteiger partial charge in [-0.2, -0.15) is 0 Å². The van der Waals surface area contributed by atoms with Crippen molar-refractivity contribution in [2.45, 2.75) is 39.1 Å². The summed E-state index contributed by atoms with van der Waals surface area (Å²) in [6, 6.07) is 13.8. The molecule has 186 valence electrons. The molecule has 1 saturated heterocycles. The van der Waals surface area contributed by atoms with Gasteiger partial charge in [0.15, 0.2) is 0 Å². The number of amides is 1. The summed E-state index contributed by atoms with van der Waals surface area (Å²) >= 11 is 0. The number of halogens is 3. The smallest absolute Gasteiger partial charge is 0.406 e. The van der Waals surface area contributed by atoms with Crippen molar-refractivity contribution in [1.29, 1.82) is 0 Å². The second-order valence-corrected chi connectivity index (χ2v) is 7.54. The highest BCUT2D eigenvalue weighted by Crippen LogP contribution is 2.27. The molecule has 2 heterocycles. The molecule has 1 aliphatic rings. The van der Waals surface area contributed by atoms with E-state index in [0.717, 1.165) is 12.8 Å². The Morgan fingerprint density at radius 1 is 1.14 bits per heavy atom. The van der Waals surface area contributed by atoms with Crippen LogP contribution >= 0.6 is 0 Å². The first-order chi connectivity index (χ1) is 16.8. The Labute approximate surface area is 201 Å². The summed E-state index contributed by atoms with van der Waals surface area (Å²) in [7, 11) is 0. The first-order valence-corrected chi connectivity index (χ1v) is 11.3. The summed E-state index contributed by atoms with van der Waals surface area (Å²) in [4.78, 5) is 23.0. The van der Waals surface area contributed by atoms with Crippen LogP contribution in [-0.4, -0.2) is 51.4 Å². The third-order valence-electron chi connectivity index (χ3n) is 5.28. The maximum Gasteiger partial charge on any atom is 0.573 e. The number of alkyl halides is 3. The fourth-order valence-electron chi connectivity index (χ4n) is 3.74. The number of aliphatic hydroxyl groups is 1. The summed E-state index contributed by atoms with van der Waals surface area (Å²) in [5, 5.41) is 12.5. The lowest BCUT2D eigenvalue weighted by molar-refractivity contribution is -0.274. The fraction of sp³-hybridized carbons (Fsp3) is 0.320. The van der Waals surface area contributed by atoms with E-state index in [4.69, 9.17) is 0 Å². The molecule has 2 aromatic carbocycles. The van der Waals surface area contributed by atoms with Gasteiger partial charge >= 0.3 is 6.36 Å². The molecule has 0 saturated carbocycles. The number of nitrogens with one attached hydrogen (secondary N) is 1. The number of hydrogen-bond acceptors (Lipinski definition) is 6. The highest BCUT2D eigenvalue weighted by Gasteiger charge is 2.31.